The molecular formula is C19H19ClN2O3S. The fourth-order valence-corrected chi connectivity index (χ4v) is 5.41. The Balaban J connectivity index is 1.59. The van der Waals surface area contributed by atoms with Crippen LogP contribution in [0.5, 0.6) is 0 Å². The number of nitrogens with one attached hydrogen (secondary N) is 1. The average molecular weight is 391 g/mol. The monoisotopic (exact) mass is 390 g/mol. The summed E-state index contributed by atoms with van der Waals surface area (Å²) in [7, 11) is -3.70. The molecule has 0 aromatic heterocycles. The summed E-state index contributed by atoms with van der Waals surface area (Å²) in [5, 5.41) is 3.41. The van der Waals surface area contributed by atoms with Crippen molar-refractivity contribution in [2.45, 2.75) is 24.3 Å². The largest absolute Gasteiger partial charge is 0.325 e. The minimum absolute atomic E-state index is 0.0996. The van der Waals surface area contributed by atoms with Gasteiger partial charge in [0.25, 0.3) is 0 Å². The van der Waals surface area contributed by atoms with Crippen LogP contribution in [0.4, 0.5) is 5.69 Å². The number of nitrogens with zero attached hydrogens (tertiary/aromatic N) is 1. The van der Waals surface area contributed by atoms with E-state index in [-0.39, 0.29) is 22.6 Å². The number of carbonyl (C=O) groups excluding carboxylic acids is 1. The van der Waals surface area contributed by atoms with Crippen molar-refractivity contribution >= 4 is 33.2 Å². The number of rotatable bonds is 4. The highest BCUT2D eigenvalue weighted by atomic mass is 35.5. The van der Waals surface area contributed by atoms with E-state index in [4.69, 9.17) is 11.6 Å². The summed E-state index contributed by atoms with van der Waals surface area (Å²) in [6, 6.07) is 12.9. The van der Waals surface area contributed by atoms with Gasteiger partial charge >= 0.3 is 0 Å². The molecule has 136 valence electrons. The molecule has 1 saturated carbocycles. The quantitative estimate of drug-likeness (QED) is 0.871. The molecule has 0 bridgehead atoms. The summed E-state index contributed by atoms with van der Waals surface area (Å²) >= 11 is 5.87. The molecule has 1 N–H and O–H groups in total. The van der Waals surface area contributed by atoms with E-state index in [1.807, 2.05) is 6.92 Å². The number of benzene rings is 2. The smallest absolute Gasteiger partial charge is 0.243 e. The molecule has 0 unspecified atom stereocenters. The molecule has 2 aliphatic rings. The van der Waals surface area contributed by atoms with Crippen molar-refractivity contribution in [1.29, 1.82) is 0 Å². The molecule has 2 aromatic carbocycles. The first-order chi connectivity index (χ1) is 12.4. The minimum Gasteiger partial charge on any atom is -0.325 e. The summed E-state index contributed by atoms with van der Waals surface area (Å²) in [4.78, 5) is 13.1. The normalized spacial score (nSPS) is 24.9. The van der Waals surface area contributed by atoms with Crippen LogP contribution in [0, 0.1) is 18.8 Å². The van der Waals surface area contributed by atoms with Crippen LogP contribution in [0.1, 0.15) is 12.0 Å². The lowest BCUT2D eigenvalue weighted by Gasteiger charge is -2.26. The Morgan fingerprint density at radius 1 is 1.12 bits per heavy atom. The van der Waals surface area contributed by atoms with Gasteiger partial charge in [-0.1, -0.05) is 29.3 Å². The van der Waals surface area contributed by atoms with Crippen LogP contribution in [0.25, 0.3) is 0 Å². The van der Waals surface area contributed by atoms with Crippen LogP contribution in [-0.4, -0.2) is 31.2 Å². The molecule has 4 rings (SSSR count). The number of carbonyl (C=O) groups is 1. The Hall–Kier alpha value is -1.89. The molecule has 0 spiro atoms. The van der Waals surface area contributed by atoms with Gasteiger partial charge in [-0.15, -0.1) is 0 Å². The molecule has 5 nitrogen and oxygen atoms in total. The van der Waals surface area contributed by atoms with Gasteiger partial charge in [0.1, 0.15) is 6.04 Å². The highest BCUT2D eigenvalue weighted by Gasteiger charge is 2.58. The van der Waals surface area contributed by atoms with Crippen LogP contribution in [-0.2, 0) is 14.8 Å². The van der Waals surface area contributed by atoms with Crippen molar-refractivity contribution in [2.75, 3.05) is 11.9 Å². The van der Waals surface area contributed by atoms with E-state index in [2.05, 4.69) is 5.32 Å². The molecule has 7 heteroatoms. The zero-order valence-corrected chi connectivity index (χ0v) is 15.8. The Bertz CT molecular complexity index is 942. The predicted octanol–water partition coefficient (Wildman–Crippen LogP) is 3.30. The van der Waals surface area contributed by atoms with Gasteiger partial charge < -0.3 is 5.32 Å². The Labute approximate surface area is 158 Å². The van der Waals surface area contributed by atoms with Crippen LogP contribution in [0.2, 0.25) is 5.02 Å². The van der Waals surface area contributed by atoms with Crippen molar-refractivity contribution in [1.82, 2.24) is 4.31 Å². The number of piperidine rings is 1. The Kier molecular flexibility index (Phi) is 4.29. The third-order valence-electron chi connectivity index (χ3n) is 5.12. The molecule has 2 aromatic rings. The third-order valence-corrected chi connectivity index (χ3v) is 7.23. The molecule has 1 aliphatic heterocycles. The second-order valence-corrected chi connectivity index (χ2v) is 9.32. The van der Waals surface area contributed by atoms with Crippen molar-refractivity contribution < 1.29 is 13.2 Å². The van der Waals surface area contributed by atoms with Gasteiger partial charge in [-0.25, -0.2) is 8.42 Å². The summed E-state index contributed by atoms with van der Waals surface area (Å²) in [6.45, 7) is 2.31. The molecule has 1 saturated heterocycles. The molecule has 0 radical (unpaired) electrons. The van der Waals surface area contributed by atoms with Crippen molar-refractivity contribution in [3.05, 3.63) is 59.1 Å². The van der Waals surface area contributed by atoms with E-state index in [1.165, 1.54) is 4.31 Å². The third kappa shape index (κ3) is 3.13. The van der Waals surface area contributed by atoms with E-state index >= 15 is 0 Å². The molecule has 2 fully saturated rings. The number of anilines is 1. The van der Waals surface area contributed by atoms with Crippen molar-refractivity contribution in [3.8, 4) is 0 Å². The maximum atomic E-state index is 13.1. The number of aryl methyl sites for hydroxylation is 1. The predicted molar refractivity (Wildman–Crippen MR) is 101 cm³/mol. The van der Waals surface area contributed by atoms with E-state index in [0.29, 0.717) is 17.3 Å². The highest BCUT2D eigenvalue weighted by Crippen LogP contribution is 2.51. The van der Waals surface area contributed by atoms with Gasteiger partial charge in [0.15, 0.2) is 0 Å². The van der Waals surface area contributed by atoms with E-state index in [1.54, 1.807) is 48.5 Å². The summed E-state index contributed by atoms with van der Waals surface area (Å²) < 4.78 is 27.5. The molecule has 3 atom stereocenters. The molecule has 1 amide bonds. The highest BCUT2D eigenvalue weighted by molar-refractivity contribution is 7.89. The van der Waals surface area contributed by atoms with Crippen molar-refractivity contribution in [2.24, 2.45) is 11.8 Å². The van der Waals surface area contributed by atoms with Crippen LogP contribution in [0.15, 0.2) is 53.4 Å². The zero-order valence-electron chi connectivity index (χ0n) is 14.2. The summed E-state index contributed by atoms with van der Waals surface area (Å²) in [5.74, 6) is 0.0896. The number of amides is 1. The fourth-order valence-electron chi connectivity index (χ4n) is 3.59. The maximum absolute atomic E-state index is 13.1. The first-order valence-electron chi connectivity index (χ1n) is 8.51. The Morgan fingerprint density at radius 3 is 2.42 bits per heavy atom. The second-order valence-electron chi connectivity index (χ2n) is 6.99. The molecule has 1 heterocycles. The SMILES string of the molecule is Cc1ccc(S(=O)(=O)N2C[C@@H]3C[C@@H]3[C@@H]2C(=O)Nc2ccc(Cl)cc2)cc1. The number of fused-ring (bicyclic) bond motifs is 1. The van der Waals surface area contributed by atoms with Crippen LogP contribution in [0.3, 0.4) is 0 Å². The summed E-state index contributed by atoms with van der Waals surface area (Å²) in [5.41, 5.74) is 1.60. The van der Waals surface area contributed by atoms with Gasteiger partial charge in [-0.05, 0) is 61.6 Å². The minimum atomic E-state index is -3.70. The van der Waals surface area contributed by atoms with Gasteiger partial charge in [0, 0.05) is 17.3 Å². The van der Waals surface area contributed by atoms with Gasteiger partial charge in [0.2, 0.25) is 15.9 Å². The van der Waals surface area contributed by atoms with Crippen LogP contribution >= 0.6 is 11.6 Å². The molecule has 26 heavy (non-hydrogen) atoms. The first kappa shape index (κ1) is 17.5. The fraction of sp³-hybridized carbons (Fsp3) is 0.316. The first-order valence-corrected chi connectivity index (χ1v) is 10.3. The van der Waals surface area contributed by atoms with Crippen LogP contribution < -0.4 is 5.32 Å². The second kappa shape index (κ2) is 6.37. The Morgan fingerprint density at radius 2 is 1.77 bits per heavy atom. The van der Waals surface area contributed by atoms with Gasteiger partial charge in [0.05, 0.1) is 4.90 Å². The van der Waals surface area contributed by atoms with E-state index < -0.39 is 16.1 Å². The number of hydrogen-bond acceptors (Lipinski definition) is 3. The van der Waals surface area contributed by atoms with Gasteiger partial charge in [-0.2, -0.15) is 4.31 Å². The number of sulfonamides is 1. The standard InChI is InChI=1S/C19H19ClN2O3S/c1-12-2-8-16(9-3-12)26(24,25)22-11-13-10-17(13)18(22)19(23)21-15-6-4-14(20)5-7-15/h2-9,13,17-18H,10-11H2,1H3,(H,21,23)/t13-,17-,18+/m0/s1. The topological polar surface area (TPSA) is 66.5 Å². The summed E-state index contributed by atoms with van der Waals surface area (Å²) in [6.07, 6.45) is 0.901. The van der Waals surface area contributed by atoms with E-state index in [0.717, 1.165) is 12.0 Å². The zero-order chi connectivity index (χ0) is 18.5. The lowest BCUT2D eigenvalue weighted by atomic mass is 10.2. The van der Waals surface area contributed by atoms with Gasteiger partial charge in [-0.3, -0.25) is 4.79 Å². The maximum Gasteiger partial charge on any atom is 0.243 e. The van der Waals surface area contributed by atoms with E-state index in [9.17, 15) is 13.2 Å². The lowest BCUT2D eigenvalue weighted by molar-refractivity contribution is -0.119. The van der Waals surface area contributed by atoms with Crippen molar-refractivity contribution in [3.63, 3.8) is 0 Å². The molecule has 1 aliphatic carbocycles. The number of halogens is 1. The number of hydrogen-bond donors (Lipinski definition) is 1. The molecular weight excluding hydrogens is 372 g/mol. The lowest BCUT2D eigenvalue weighted by Crippen LogP contribution is -2.45. The average Bonchev–Trinajstić information content (AvgIpc) is 3.26.